The highest BCUT2D eigenvalue weighted by atomic mass is 32.2. The van der Waals surface area contributed by atoms with E-state index in [1.807, 2.05) is 6.92 Å². The minimum absolute atomic E-state index is 0.0873. The third-order valence-corrected chi connectivity index (χ3v) is 6.33. The van der Waals surface area contributed by atoms with Crippen molar-refractivity contribution in [1.29, 1.82) is 0 Å². The van der Waals surface area contributed by atoms with Gasteiger partial charge in [0.15, 0.2) is 0 Å². The van der Waals surface area contributed by atoms with E-state index >= 15 is 0 Å². The Kier molecular flexibility index (Phi) is 7.98. The zero-order valence-corrected chi connectivity index (χ0v) is 18.4. The molecule has 1 heterocycles. The van der Waals surface area contributed by atoms with Crippen molar-refractivity contribution >= 4 is 21.4 Å². The molecule has 0 saturated heterocycles. The van der Waals surface area contributed by atoms with Crippen molar-refractivity contribution in [3.8, 4) is 5.75 Å². The summed E-state index contributed by atoms with van der Waals surface area (Å²) in [6.45, 7) is 1.80. The molecule has 0 saturated carbocycles. The molecule has 0 radical (unpaired) electrons. The fourth-order valence-electron chi connectivity index (χ4n) is 3.03. The molecule has 2 aromatic carbocycles. The summed E-state index contributed by atoms with van der Waals surface area (Å²) >= 11 is 0. The van der Waals surface area contributed by atoms with Crippen LogP contribution < -0.4 is 14.4 Å². The van der Waals surface area contributed by atoms with Gasteiger partial charge < -0.3 is 20.3 Å². The number of aliphatic hydroxyl groups is 2. The highest BCUT2D eigenvalue weighted by Crippen LogP contribution is 2.29. The number of nitrogens with one attached hydrogen (secondary N) is 1. The molecule has 0 aliphatic rings. The van der Waals surface area contributed by atoms with Gasteiger partial charge in [-0.25, -0.2) is 8.42 Å². The fourth-order valence-corrected chi connectivity index (χ4v) is 4.53. The van der Waals surface area contributed by atoms with Crippen LogP contribution in [0, 0.1) is 6.92 Å². The van der Waals surface area contributed by atoms with Crippen LogP contribution in [0.3, 0.4) is 0 Å². The molecular weight excluding hydrogens is 432 g/mol. The predicted molar refractivity (Wildman–Crippen MR) is 121 cm³/mol. The molecule has 9 nitrogen and oxygen atoms in total. The molecule has 0 spiro atoms. The Morgan fingerprint density at radius 1 is 1.12 bits per heavy atom. The summed E-state index contributed by atoms with van der Waals surface area (Å²) in [5.41, 5.74) is 1.94. The zero-order chi connectivity index (χ0) is 23.0. The number of aromatic nitrogens is 2. The number of ether oxygens (including phenoxy) is 1. The summed E-state index contributed by atoms with van der Waals surface area (Å²) < 4.78 is 33.5. The third kappa shape index (κ3) is 6.16. The van der Waals surface area contributed by atoms with Crippen molar-refractivity contribution in [3.05, 3.63) is 72.6 Å². The first-order chi connectivity index (χ1) is 15.4. The second-order valence-electron chi connectivity index (χ2n) is 7.10. The lowest BCUT2D eigenvalue weighted by Crippen LogP contribution is -2.39. The number of rotatable bonds is 11. The van der Waals surface area contributed by atoms with Crippen molar-refractivity contribution in [3.63, 3.8) is 0 Å². The van der Waals surface area contributed by atoms with Crippen LogP contribution in [-0.4, -0.2) is 61.2 Å². The van der Waals surface area contributed by atoms with Gasteiger partial charge in [-0.2, -0.15) is 10.2 Å². The first-order valence-corrected chi connectivity index (χ1v) is 11.5. The molecule has 32 heavy (non-hydrogen) atoms. The van der Waals surface area contributed by atoms with E-state index in [9.17, 15) is 18.6 Å². The molecule has 0 amide bonds. The lowest BCUT2D eigenvalue weighted by molar-refractivity contribution is 0.102. The van der Waals surface area contributed by atoms with Crippen LogP contribution in [0.5, 0.6) is 5.75 Å². The number of sulfonamides is 1. The lowest BCUT2D eigenvalue weighted by Gasteiger charge is -2.27. The molecule has 0 bridgehead atoms. The number of hydrogen-bond acceptors (Lipinski definition) is 8. The summed E-state index contributed by atoms with van der Waals surface area (Å²) in [6.07, 6.45) is 1.94. The number of aliphatic hydroxyl groups excluding tert-OH is 2. The van der Waals surface area contributed by atoms with Gasteiger partial charge in [0.05, 0.1) is 47.9 Å². The average Bonchev–Trinajstić information content (AvgIpc) is 2.81. The molecule has 1 aromatic heterocycles. The summed E-state index contributed by atoms with van der Waals surface area (Å²) in [7, 11) is -3.97. The first-order valence-electron chi connectivity index (χ1n) is 10.0. The highest BCUT2D eigenvalue weighted by Gasteiger charge is 2.27. The lowest BCUT2D eigenvalue weighted by atomic mass is 10.2. The minimum Gasteiger partial charge on any atom is -0.492 e. The van der Waals surface area contributed by atoms with E-state index < -0.39 is 22.7 Å². The Hall–Kier alpha value is -3.21. The molecule has 1 unspecified atom stereocenters. The summed E-state index contributed by atoms with van der Waals surface area (Å²) in [5.74, 6) is 0.487. The fraction of sp³-hybridized carbons (Fsp3) is 0.273. The van der Waals surface area contributed by atoms with E-state index in [0.717, 1.165) is 15.6 Å². The molecule has 0 aliphatic carbocycles. The van der Waals surface area contributed by atoms with Gasteiger partial charge in [0, 0.05) is 12.6 Å². The number of aryl methyl sites for hydroxylation is 1. The zero-order valence-electron chi connectivity index (χ0n) is 17.6. The maximum atomic E-state index is 13.3. The van der Waals surface area contributed by atoms with Gasteiger partial charge in [0.1, 0.15) is 12.4 Å². The van der Waals surface area contributed by atoms with Gasteiger partial charge in [0.2, 0.25) is 0 Å². The maximum Gasteiger partial charge on any atom is 0.264 e. The van der Waals surface area contributed by atoms with Crippen LogP contribution in [0.25, 0.3) is 0 Å². The van der Waals surface area contributed by atoms with Crippen LogP contribution in [-0.2, 0) is 10.0 Å². The van der Waals surface area contributed by atoms with Crippen molar-refractivity contribution in [1.82, 2.24) is 10.2 Å². The largest absolute Gasteiger partial charge is 0.492 e. The van der Waals surface area contributed by atoms with Gasteiger partial charge in [-0.1, -0.05) is 18.2 Å². The standard InChI is InChI=1S/C22H26N4O5S/c1-17-11-19(13-21(12-17)31-10-9-23-18-7-8-24-25-14-18)26(15-20(28)16-27)32(29,30)22-5-3-2-4-6-22/h2-8,11-14,20,27-28H,9-10,15-16H2,1H3,(H,23,24). The summed E-state index contributed by atoms with van der Waals surface area (Å²) in [4.78, 5) is 0.0873. The van der Waals surface area contributed by atoms with Crippen LogP contribution in [0.15, 0.2) is 71.9 Å². The van der Waals surface area contributed by atoms with Crippen LogP contribution in [0.2, 0.25) is 0 Å². The topological polar surface area (TPSA) is 125 Å². The number of hydrogen-bond donors (Lipinski definition) is 3. The van der Waals surface area contributed by atoms with E-state index in [2.05, 4.69) is 15.5 Å². The van der Waals surface area contributed by atoms with Crippen LogP contribution in [0.4, 0.5) is 11.4 Å². The molecule has 0 aliphatic heterocycles. The molecule has 0 fully saturated rings. The Labute approximate surface area is 187 Å². The van der Waals surface area contributed by atoms with Crippen molar-refractivity contribution in [2.24, 2.45) is 0 Å². The van der Waals surface area contributed by atoms with Crippen molar-refractivity contribution in [2.45, 2.75) is 17.9 Å². The Morgan fingerprint density at radius 2 is 1.91 bits per heavy atom. The Morgan fingerprint density at radius 3 is 2.59 bits per heavy atom. The molecule has 1 atom stereocenters. The monoisotopic (exact) mass is 458 g/mol. The SMILES string of the molecule is Cc1cc(OCCNc2ccnnc2)cc(N(CC(O)CO)S(=O)(=O)c2ccccc2)c1. The minimum atomic E-state index is -3.97. The van der Waals surface area contributed by atoms with E-state index in [4.69, 9.17) is 4.74 Å². The average molecular weight is 459 g/mol. The second kappa shape index (κ2) is 10.9. The molecule has 3 N–H and O–H groups in total. The van der Waals surface area contributed by atoms with Crippen molar-refractivity contribution < 1.29 is 23.4 Å². The van der Waals surface area contributed by atoms with E-state index in [0.29, 0.717) is 24.6 Å². The van der Waals surface area contributed by atoms with Gasteiger partial charge in [-0.05, 0) is 42.8 Å². The molecule has 3 aromatic rings. The van der Waals surface area contributed by atoms with Crippen molar-refractivity contribution in [2.75, 3.05) is 35.9 Å². The summed E-state index contributed by atoms with van der Waals surface area (Å²) in [6, 6.07) is 14.8. The molecule has 3 rings (SSSR count). The molecular formula is C22H26N4O5S. The first kappa shape index (κ1) is 23.5. The molecule has 10 heteroatoms. The van der Waals surface area contributed by atoms with E-state index in [-0.39, 0.29) is 11.4 Å². The third-order valence-electron chi connectivity index (χ3n) is 4.53. The van der Waals surface area contributed by atoms with Crippen LogP contribution >= 0.6 is 0 Å². The normalized spacial score (nSPS) is 12.2. The second-order valence-corrected chi connectivity index (χ2v) is 8.96. The molecule has 170 valence electrons. The summed E-state index contributed by atoms with van der Waals surface area (Å²) in [5, 5.41) is 30.0. The van der Waals surface area contributed by atoms with E-state index in [1.54, 1.807) is 54.9 Å². The Bertz CT molecular complexity index is 1100. The quantitative estimate of drug-likeness (QED) is 0.372. The van der Waals surface area contributed by atoms with Gasteiger partial charge in [-0.15, -0.1) is 0 Å². The Balaban J connectivity index is 1.81. The van der Waals surface area contributed by atoms with Gasteiger partial charge in [-0.3, -0.25) is 4.31 Å². The van der Waals surface area contributed by atoms with Gasteiger partial charge in [0.25, 0.3) is 10.0 Å². The number of nitrogens with zero attached hydrogens (tertiary/aromatic N) is 3. The number of benzene rings is 2. The van der Waals surface area contributed by atoms with E-state index in [1.165, 1.54) is 12.1 Å². The highest BCUT2D eigenvalue weighted by molar-refractivity contribution is 7.92. The van der Waals surface area contributed by atoms with Gasteiger partial charge >= 0.3 is 0 Å². The smallest absolute Gasteiger partial charge is 0.264 e. The maximum absolute atomic E-state index is 13.3. The predicted octanol–water partition coefficient (Wildman–Crippen LogP) is 1.82. The van der Waals surface area contributed by atoms with Crippen LogP contribution in [0.1, 0.15) is 5.56 Å². The number of anilines is 2.